The molecule has 72 valence electrons. The van der Waals surface area contributed by atoms with Crippen molar-refractivity contribution in [1.29, 1.82) is 0 Å². The van der Waals surface area contributed by atoms with Crippen molar-refractivity contribution in [2.45, 2.75) is 45.8 Å². The lowest BCUT2D eigenvalue weighted by molar-refractivity contribution is 1.16. The molecule has 0 heterocycles. The Bertz CT molecular complexity index is 140. The van der Waals surface area contributed by atoms with Gasteiger partial charge in [0.25, 0.3) is 0 Å². The van der Waals surface area contributed by atoms with Gasteiger partial charge in [-0.2, -0.15) is 0 Å². The largest absolute Gasteiger partial charge is 0.0883 e. The molecule has 0 spiro atoms. The minimum Gasteiger partial charge on any atom is -0.0883 e. The zero-order valence-electron chi connectivity index (χ0n) is 8.78. The Labute approximate surface area is 86.6 Å². The first kappa shape index (κ1) is 12.4. The first-order valence-corrected chi connectivity index (χ1v) is 8.64. The lowest BCUT2D eigenvalue weighted by Crippen LogP contribution is -2.33. The summed E-state index contributed by atoms with van der Waals surface area (Å²) >= 11 is 3.48. The molecular formula is C10H21BrSi. The van der Waals surface area contributed by atoms with Gasteiger partial charge in [0.1, 0.15) is 0 Å². The third-order valence-corrected chi connectivity index (χ3v) is 9.51. The predicted molar refractivity (Wildman–Crippen MR) is 64.7 cm³/mol. The van der Waals surface area contributed by atoms with Crippen molar-refractivity contribution in [3.63, 3.8) is 0 Å². The van der Waals surface area contributed by atoms with E-state index in [1.54, 1.807) is 5.20 Å². The summed E-state index contributed by atoms with van der Waals surface area (Å²) in [5, 5.41) is 2.71. The molecule has 0 fully saturated rings. The third kappa shape index (κ3) is 2.73. The summed E-state index contributed by atoms with van der Waals surface area (Å²) in [4.78, 5) is 0. The van der Waals surface area contributed by atoms with Crippen molar-refractivity contribution in [3.8, 4) is 0 Å². The van der Waals surface area contributed by atoms with Crippen molar-refractivity contribution in [1.82, 2.24) is 0 Å². The lowest BCUT2D eigenvalue weighted by Gasteiger charge is -2.29. The molecule has 0 aromatic heterocycles. The van der Waals surface area contributed by atoms with E-state index in [2.05, 4.69) is 49.7 Å². The van der Waals surface area contributed by atoms with E-state index in [4.69, 9.17) is 0 Å². The molecule has 0 bridgehead atoms. The van der Waals surface area contributed by atoms with Crippen LogP contribution in [0.15, 0.2) is 11.3 Å². The molecule has 0 saturated carbocycles. The molecule has 0 nitrogen and oxygen atoms in total. The van der Waals surface area contributed by atoms with Gasteiger partial charge in [0.2, 0.25) is 0 Å². The van der Waals surface area contributed by atoms with E-state index in [0.717, 1.165) is 5.33 Å². The number of rotatable bonds is 5. The fourth-order valence-corrected chi connectivity index (χ4v) is 6.41. The lowest BCUT2D eigenvalue weighted by atomic mass is 10.6. The Hall–Kier alpha value is 0.437. The van der Waals surface area contributed by atoms with Crippen molar-refractivity contribution in [2.75, 3.05) is 5.33 Å². The summed E-state index contributed by atoms with van der Waals surface area (Å²) in [6, 6.07) is 4.19. The van der Waals surface area contributed by atoms with Gasteiger partial charge in [-0.05, 0) is 6.92 Å². The predicted octanol–water partition coefficient (Wildman–Crippen LogP) is 4.38. The monoisotopic (exact) mass is 248 g/mol. The maximum absolute atomic E-state index is 3.48. The van der Waals surface area contributed by atoms with E-state index in [0.29, 0.717) is 0 Å². The average molecular weight is 249 g/mol. The van der Waals surface area contributed by atoms with Crippen LogP contribution >= 0.6 is 15.9 Å². The Kier molecular flexibility index (Phi) is 6.19. The minimum absolute atomic E-state index is 1.01. The summed E-state index contributed by atoms with van der Waals surface area (Å²) in [6.07, 6.45) is 2.36. The van der Waals surface area contributed by atoms with Crippen molar-refractivity contribution >= 4 is 24.0 Å². The van der Waals surface area contributed by atoms with Crippen molar-refractivity contribution in [3.05, 3.63) is 11.3 Å². The molecule has 0 aromatic carbocycles. The fourth-order valence-electron chi connectivity index (χ4n) is 1.92. The van der Waals surface area contributed by atoms with E-state index in [-0.39, 0.29) is 0 Å². The Morgan fingerprint density at radius 2 is 1.58 bits per heavy atom. The number of halogens is 1. The highest BCUT2D eigenvalue weighted by molar-refractivity contribution is 9.09. The van der Waals surface area contributed by atoms with Crippen LogP contribution in [-0.4, -0.2) is 13.4 Å². The van der Waals surface area contributed by atoms with E-state index >= 15 is 0 Å². The Morgan fingerprint density at radius 1 is 1.17 bits per heavy atom. The van der Waals surface area contributed by atoms with Gasteiger partial charge in [0, 0.05) is 5.33 Å². The van der Waals surface area contributed by atoms with Gasteiger partial charge in [0.15, 0.2) is 0 Å². The maximum atomic E-state index is 3.48. The van der Waals surface area contributed by atoms with Crippen molar-refractivity contribution < 1.29 is 0 Å². The van der Waals surface area contributed by atoms with Gasteiger partial charge < -0.3 is 0 Å². The van der Waals surface area contributed by atoms with Gasteiger partial charge in [-0.3, -0.25) is 0 Å². The first-order valence-electron chi connectivity index (χ1n) is 4.90. The van der Waals surface area contributed by atoms with Gasteiger partial charge in [-0.1, -0.05) is 66.1 Å². The quantitative estimate of drug-likeness (QED) is 0.501. The number of alkyl halides is 1. The Morgan fingerprint density at radius 3 is 1.83 bits per heavy atom. The van der Waals surface area contributed by atoms with Crippen LogP contribution in [0.4, 0.5) is 0 Å². The van der Waals surface area contributed by atoms with Gasteiger partial charge in [-0.25, -0.2) is 0 Å². The normalized spacial score (nSPS) is 13.6. The van der Waals surface area contributed by atoms with Gasteiger partial charge in [0.05, 0.1) is 8.07 Å². The van der Waals surface area contributed by atoms with Gasteiger partial charge in [-0.15, -0.1) is 0 Å². The van der Waals surface area contributed by atoms with Crippen LogP contribution in [0.3, 0.4) is 0 Å². The molecule has 0 amide bonds. The Balaban J connectivity index is 4.58. The highest BCUT2D eigenvalue weighted by Crippen LogP contribution is 2.28. The molecule has 0 aliphatic heterocycles. The second-order valence-corrected chi connectivity index (χ2v) is 9.50. The number of hydrogen-bond donors (Lipinski definition) is 0. The fraction of sp³-hybridized carbons (Fsp3) is 0.800. The zero-order valence-corrected chi connectivity index (χ0v) is 11.4. The van der Waals surface area contributed by atoms with Crippen LogP contribution in [0, 0.1) is 0 Å². The standard InChI is InChI=1S/C10H21BrSi/c1-5-12(6-2,7-3)10(4)8-9-11/h8H,5-7,9H2,1-4H3/b10-8+. The second kappa shape index (κ2) is 5.98. The average Bonchev–Trinajstić information content (AvgIpc) is 2.09. The van der Waals surface area contributed by atoms with E-state index in [1.165, 1.54) is 18.1 Å². The van der Waals surface area contributed by atoms with Crippen LogP contribution in [-0.2, 0) is 0 Å². The summed E-state index contributed by atoms with van der Waals surface area (Å²) in [7, 11) is -1.01. The van der Waals surface area contributed by atoms with Crippen molar-refractivity contribution in [2.24, 2.45) is 0 Å². The molecule has 0 aromatic rings. The molecule has 0 rings (SSSR count). The van der Waals surface area contributed by atoms with E-state index in [1.807, 2.05) is 0 Å². The molecule has 12 heavy (non-hydrogen) atoms. The second-order valence-electron chi connectivity index (χ2n) is 3.38. The molecule has 0 aliphatic rings. The highest BCUT2D eigenvalue weighted by atomic mass is 79.9. The van der Waals surface area contributed by atoms with Crippen LogP contribution in [0.1, 0.15) is 27.7 Å². The van der Waals surface area contributed by atoms with E-state index in [9.17, 15) is 0 Å². The maximum Gasteiger partial charge on any atom is 0.0800 e. The first-order chi connectivity index (χ1) is 5.66. The summed E-state index contributed by atoms with van der Waals surface area (Å²) in [5.74, 6) is 0. The van der Waals surface area contributed by atoms with Crippen LogP contribution in [0.25, 0.3) is 0 Å². The van der Waals surface area contributed by atoms with Gasteiger partial charge >= 0.3 is 0 Å². The van der Waals surface area contributed by atoms with Crippen LogP contribution < -0.4 is 0 Å². The summed E-state index contributed by atoms with van der Waals surface area (Å²) < 4.78 is 0. The molecule has 0 atom stereocenters. The number of hydrogen-bond acceptors (Lipinski definition) is 0. The minimum atomic E-state index is -1.01. The third-order valence-electron chi connectivity index (χ3n) is 3.25. The molecule has 0 saturated heterocycles. The SMILES string of the molecule is CC[Si](CC)(CC)/C(C)=C/CBr. The summed E-state index contributed by atoms with van der Waals surface area (Å²) in [6.45, 7) is 9.38. The van der Waals surface area contributed by atoms with Crippen LogP contribution in [0.5, 0.6) is 0 Å². The summed E-state index contributed by atoms with van der Waals surface area (Å²) in [5.41, 5.74) is 0. The molecule has 0 unspecified atom stereocenters. The molecule has 0 N–H and O–H groups in total. The van der Waals surface area contributed by atoms with E-state index < -0.39 is 8.07 Å². The molecule has 0 aliphatic carbocycles. The molecular weight excluding hydrogens is 228 g/mol. The molecule has 0 radical (unpaired) electrons. The topological polar surface area (TPSA) is 0 Å². The number of allylic oxidation sites excluding steroid dienone is 2. The van der Waals surface area contributed by atoms with Crippen LogP contribution in [0.2, 0.25) is 18.1 Å². The highest BCUT2D eigenvalue weighted by Gasteiger charge is 2.27. The molecule has 2 heteroatoms. The smallest absolute Gasteiger partial charge is 0.0800 e. The zero-order chi connectivity index (χ0) is 9.61.